The van der Waals surface area contributed by atoms with Crippen molar-refractivity contribution in [3.63, 3.8) is 0 Å². The smallest absolute Gasteiger partial charge is 0.185 e. The predicted octanol–water partition coefficient (Wildman–Crippen LogP) is 2.78. The van der Waals surface area contributed by atoms with Gasteiger partial charge in [-0.25, -0.2) is 0 Å². The third-order valence-electron chi connectivity index (χ3n) is 4.24. The molecule has 2 aliphatic heterocycles. The van der Waals surface area contributed by atoms with E-state index in [1.807, 2.05) is 60.7 Å². The van der Waals surface area contributed by atoms with Crippen molar-refractivity contribution < 1.29 is 23.7 Å². The number of ether oxygens (including phenoxy) is 4. The Balaban J connectivity index is 1.52. The summed E-state index contributed by atoms with van der Waals surface area (Å²) in [5, 5.41) is 0. The Kier molecular flexibility index (Phi) is 4.40. The first-order valence-electron chi connectivity index (χ1n) is 7.98. The number of rotatable bonds is 3. The second-order valence-corrected chi connectivity index (χ2v) is 5.83. The summed E-state index contributed by atoms with van der Waals surface area (Å²) in [6, 6.07) is 19.2. The van der Waals surface area contributed by atoms with Gasteiger partial charge in [0.05, 0.1) is 6.61 Å². The average Bonchev–Trinajstić information content (AvgIpc) is 2.68. The molecular formula is C19H18O5. The molecule has 0 amide bonds. The molecule has 5 atom stereocenters. The number of hydrogen-bond donors (Lipinski definition) is 0. The lowest BCUT2D eigenvalue weighted by atomic mass is 10.0. The van der Waals surface area contributed by atoms with E-state index in [0.717, 1.165) is 17.4 Å². The largest absolute Gasteiger partial charge is 0.346 e. The molecule has 0 bridgehead atoms. The van der Waals surface area contributed by atoms with Crippen LogP contribution < -0.4 is 0 Å². The Bertz CT molecular complexity index is 675. The summed E-state index contributed by atoms with van der Waals surface area (Å²) in [5.74, 6) is 0. The number of carbonyl (C=O) groups is 1. The third-order valence-corrected chi connectivity index (χ3v) is 4.24. The average molecular weight is 326 g/mol. The molecule has 5 nitrogen and oxygen atoms in total. The number of fused-ring (bicyclic) bond motifs is 1. The lowest BCUT2D eigenvalue weighted by Crippen LogP contribution is -2.54. The number of carbonyl (C=O) groups excluding carboxylic acids is 1. The lowest BCUT2D eigenvalue weighted by molar-refractivity contribution is -0.355. The fraction of sp³-hybridized carbons (Fsp3) is 0.316. The maximum atomic E-state index is 11.5. The molecule has 2 heterocycles. The highest BCUT2D eigenvalue weighted by Crippen LogP contribution is 2.37. The molecule has 5 heteroatoms. The Morgan fingerprint density at radius 3 is 2.04 bits per heavy atom. The standard InChI is InChI=1S/C19H18O5/c20-11-15-17-16(23-19(22-15)14-9-5-2-6-10-14)12-21-18(24-17)13-7-3-1-4-8-13/h1-11,15-19H,12H2/t15-,16+,17-,18?,19+/m1/s1. The topological polar surface area (TPSA) is 54.0 Å². The van der Waals surface area contributed by atoms with Gasteiger partial charge in [-0.1, -0.05) is 60.7 Å². The molecule has 2 aromatic carbocycles. The molecule has 2 aromatic rings. The molecule has 0 aromatic heterocycles. The molecule has 4 rings (SSSR count). The summed E-state index contributed by atoms with van der Waals surface area (Å²) in [5.41, 5.74) is 1.78. The van der Waals surface area contributed by atoms with Crippen LogP contribution in [0, 0.1) is 0 Å². The highest BCUT2D eigenvalue weighted by molar-refractivity contribution is 5.57. The zero-order valence-electron chi connectivity index (χ0n) is 13.0. The van der Waals surface area contributed by atoms with Crippen molar-refractivity contribution >= 4 is 6.29 Å². The molecule has 2 aliphatic rings. The Labute approximate surface area is 140 Å². The van der Waals surface area contributed by atoms with Gasteiger partial charge in [-0.2, -0.15) is 0 Å². The van der Waals surface area contributed by atoms with Crippen LogP contribution in [0.5, 0.6) is 0 Å². The molecule has 124 valence electrons. The van der Waals surface area contributed by atoms with Gasteiger partial charge in [-0.05, 0) is 0 Å². The first-order chi connectivity index (χ1) is 11.8. The van der Waals surface area contributed by atoms with Crippen LogP contribution in [0.25, 0.3) is 0 Å². The van der Waals surface area contributed by atoms with Crippen LogP contribution in [-0.4, -0.2) is 31.2 Å². The van der Waals surface area contributed by atoms with E-state index in [4.69, 9.17) is 18.9 Å². The molecule has 0 spiro atoms. The zero-order valence-corrected chi connectivity index (χ0v) is 13.0. The Hall–Kier alpha value is -2.05. The highest BCUT2D eigenvalue weighted by atomic mass is 16.8. The summed E-state index contributed by atoms with van der Waals surface area (Å²) < 4.78 is 23.5. The van der Waals surface area contributed by atoms with Crippen molar-refractivity contribution in [2.75, 3.05) is 6.61 Å². The summed E-state index contributed by atoms with van der Waals surface area (Å²) in [7, 11) is 0. The molecular weight excluding hydrogens is 308 g/mol. The van der Waals surface area contributed by atoms with Crippen LogP contribution >= 0.6 is 0 Å². The molecule has 24 heavy (non-hydrogen) atoms. The van der Waals surface area contributed by atoms with Gasteiger partial charge < -0.3 is 23.7 Å². The predicted molar refractivity (Wildman–Crippen MR) is 85.0 cm³/mol. The summed E-state index contributed by atoms with van der Waals surface area (Å²) in [4.78, 5) is 11.5. The van der Waals surface area contributed by atoms with E-state index >= 15 is 0 Å². The second kappa shape index (κ2) is 6.83. The van der Waals surface area contributed by atoms with Gasteiger partial charge in [0, 0.05) is 11.1 Å². The van der Waals surface area contributed by atoms with Gasteiger partial charge in [0.15, 0.2) is 18.9 Å². The summed E-state index contributed by atoms with van der Waals surface area (Å²) in [6.45, 7) is 0.348. The minimum absolute atomic E-state index is 0.348. The fourth-order valence-corrected chi connectivity index (χ4v) is 3.03. The van der Waals surface area contributed by atoms with Crippen molar-refractivity contribution in [2.24, 2.45) is 0 Å². The van der Waals surface area contributed by atoms with Crippen molar-refractivity contribution in [2.45, 2.75) is 30.9 Å². The molecule has 0 aliphatic carbocycles. The van der Waals surface area contributed by atoms with Crippen LogP contribution in [-0.2, 0) is 23.7 Å². The van der Waals surface area contributed by atoms with Gasteiger partial charge in [-0.15, -0.1) is 0 Å². The monoisotopic (exact) mass is 326 g/mol. The maximum Gasteiger partial charge on any atom is 0.185 e. The van der Waals surface area contributed by atoms with Crippen LogP contribution in [0.15, 0.2) is 60.7 Å². The van der Waals surface area contributed by atoms with Gasteiger partial charge in [-0.3, -0.25) is 0 Å². The number of aldehydes is 1. The first kappa shape index (κ1) is 15.5. The SMILES string of the molecule is O=C[C@H]1O[C@H](c2ccccc2)O[C@H]2COC(c3ccccc3)O[C@@H]21. The van der Waals surface area contributed by atoms with Crippen LogP contribution in [0.2, 0.25) is 0 Å². The number of benzene rings is 2. The van der Waals surface area contributed by atoms with Crippen molar-refractivity contribution in [3.8, 4) is 0 Å². The first-order valence-corrected chi connectivity index (χ1v) is 7.98. The van der Waals surface area contributed by atoms with E-state index < -0.39 is 24.8 Å². The maximum absolute atomic E-state index is 11.5. The Morgan fingerprint density at radius 2 is 1.42 bits per heavy atom. The van der Waals surface area contributed by atoms with Gasteiger partial charge >= 0.3 is 0 Å². The Morgan fingerprint density at radius 1 is 0.792 bits per heavy atom. The molecule has 2 saturated heterocycles. The quantitative estimate of drug-likeness (QED) is 0.812. The van der Waals surface area contributed by atoms with E-state index in [2.05, 4.69) is 0 Å². The van der Waals surface area contributed by atoms with E-state index in [1.165, 1.54) is 0 Å². The summed E-state index contributed by atoms with van der Waals surface area (Å²) >= 11 is 0. The fourth-order valence-electron chi connectivity index (χ4n) is 3.03. The van der Waals surface area contributed by atoms with E-state index in [-0.39, 0.29) is 6.10 Å². The van der Waals surface area contributed by atoms with Crippen molar-refractivity contribution in [1.82, 2.24) is 0 Å². The van der Waals surface area contributed by atoms with Crippen molar-refractivity contribution in [3.05, 3.63) is 71.8 Å². The molecule has 0 saturated carbocycles. The molecule has 0 N–H and O–H groups in total. The lowest BCUT2D eigenvalue weighted by Gasteiger charge is -2.44. The van der Waals surface area contributed by atoms with Crippen LogP contribution in [0.4, 0.5) is 0 Å². The molecule has 0 radical (unpaired) electrons. The summed E-state index contributed by atoms with van der Waals surface area (Å²) in [6.07, 6.45) is -1.85. The van der Waals surface area contributed by atoms with Crippen LogP contribution in [0.3, 0.4) is 0 Å². The van der Waals surface area contributed by atoms with Gasteiger partial charge in [0.2, 0.25) is 0 Å². The second-order valence-electron chi connectivity index (χ2n) is 5.83. The minimum atomic E-state index is -0.691. The van der Waals surface area contributed by atoms with E-state index in [1.54, 1.807) is 0 Å². The zero-order chi connectivity index (χ0) is 16.4. The normalized spacial score (nSPS) is 32.8. The third kappa shape index (κ3) is 2.99. The molecule has 2 fully saturated rings. The minimum Gasteiger partial charge on any atom is -0.346 e. The van der Waals surface area contributed by atoms with E-state index in [9.17, 15) is 4.79 Å². The number of hydrogen-bond acceptors (Lipinski definition) is 5. The van der Waals surface area contributed by atoms with Crippen LogP contribution in [0.1, 0.15) is 23.7 Å². The van der Waals surface area contributed by atoms with E-state index in [0.29, 0.717) is 6.61 Å². The van der Waals surface area contributed by atoms with Gasteiger partial charge in [0.25, 0.3) is 0 Å². The molecule has 1 unspecified atom stereocenters. The highest BCUT2D eigenvalue weighted by Gasteiger charge is 2.45. The van der Waals surface area contributed by atoms with Gasteiger partial charge in [0.1, 0.15) is 18.3 Å². The van der Waals surface area contributed by atoms with Crippen molar-refractivity contribution in [1.29, 1.82) is 0 Å².